The summed E-state index contributed by atoms with van der Waals surface area (Å²) < 4.78 is 5.06. The first-order valence-electron chi connectivity index (χ1n) is 7.06. The highest BCUT2D eigenvalue weighted by molar-refractivity contribution is 5.99. The van der Waals surface area contributed by atoms with E-state index in [-0.39, 0.29) is 11.8 Å². The summed E-state index contributed by atoms with van der Waals surface area (Å²) in [6.45, 7) is 8.10. The highest BCUT2D eigenvalue weighted by Gasteiger charge is 2.13. The summed E-state index contributed by atoms with van der Waals surface area (Å²) in [4.78, 5) is 16.4. The summed E-state index contributed by atoms with van der Waals surface area (Å²) in [5.41, 5.74) is 2.33. The smallest absolute Gasteiger partial charge is 0.254 e. The Morgan fingerprint density at radius 1 is 1.50 bits per heavy atom. The SMILES string of the molecule is CCCNc1cc(C)ncc1C(=O)NCC(C)COC. The number of aryl methyl sites for hydroxylation is 1. The first-order valence-corrected chi connectivity index (χ1v) is 7.06. The third-order valence-electron chi connectivity index (χ3n) is 2.91. The lowest BCUT2D eigenvalue weighted by Crippen LogP contribution is -2.30. The molecule has 0 saturated heterocycles. The minimum Gasteiger partial charge on any atom is -0.384 e. The quantitative estimate of drug-likeness (QED) is 0.766. The monoisotopic (exact) mass is 279 g/mol. The number of nitrogens with zero attached hydrogens (tertiary/aromatic N) is 1. The summed E-state index contributed by atoms with van der Waals surface area (Å²) in [5.74, 6) is 0.188. The van der Waals surface area contributed by atoms with E-state index in [1.54, 1.807) is 13.3 Å². The summed E-state index contributed by atoms with van der Waals surface area (Å²) in [5, 5.41) is 6.19. The Labute approximate surface area is 121 Å². The van der Waals surface area contributed by atoms with Crippen LogP contribution in [0.1, 0.15) is 36.3 Å². The van der Waals surface area contributed by atoms with Crippen molar-refractivity contribution in [3.63, 3.8) is 0 Å². The molecule has 0 aromatic carbocycles. The van der Waals surface area contributed by atoms with E-state index < -0.39 is 0 Å². The minimum absolute atomic E-state index is 0.0981. The van der Waals surface area contributed by atoms with Crippen molar-refractivity contribution in [3.8, 4) is 0 Å². The number of nitrogens with one attached hydrogen (secondary N) is 2. The average molecular weight is 279 g/mol. The fourth-order valence-corrected chi connectivity index (χ4v) is 1.85. The fraction of sp³-hybridized carbons (Fsp3) is 0.600. The lowest BCUT2D eigenvalue weighted by molar-refractivity contribution is 0.0934. The molecule has 0 bridgehead atoms. The van der Waals surface area contributed by atoms with Gasteiger partial charge in [0.1, 0.15) is 0 Å². The molecule has 0 spiro atoms. The van der Waals surface area contributed by atoms with Crippen molar-refractivity contribution in [2.75, 3.05) is 32.1 Å². The van der Waals surface area contributed by atoms with Crippen molar-refractivity contribution < 1.29 is 9.53 Å². The van der Waals surface area contributed by atoms with Crippen LogP contribution in [0.2, 0.25) is 0 Å². The van der Waals surface area contributed by atoms with Gasteiger partial charge >= 0.3 is 0 Å². The van der Waals surface area contributed by atoms with Crippen LogP contribution in [-0.4, -0.2) is 37.7 Å². The molecule has 0 aliphatic heterocycles. The first kappa shape index (κ1) is 16.4. The summed E-state index contributed by atoms with van der Waals surface area (Å²) >= 11 is 0. The molecule has 5 heteroatoms. The second kappa shape index (κ2) is 8.53. The zero-order valence-corrected chi connectivity index (χ0v) is 12.8. The van der Waals surface area contributed by atoms with E-state index in [0.29, 0.717) is 18.7 Å². The largest absolute Gasteiger partial charge is 0.384 e. The van der Waals surface area contributed by atoms with Crippen LogP contribution in [0.5, 0.6) is 0 Å². The summed E-state index contributed by atoms with van der Waals surface area (Å²) in [6, 6.07) is 1.91. The van der Waals surface area contributed by atoms with E-state index in [1.165, 1.54) is 0 Å². The number of carbonyl (C=O) groups excluding carboxylic acids is 1. The van der Waals surface area contributed by atoms with Crippen LogP contribution in [0.15, 0.2) is 12.3 Å². The number of hydrogen-bond donors (Lipinski definition) is 2. The Hall–Kier alpha value is -1.62. The normalized spacial score (nSPS) is 12.0. The van der Waals surface area contributed by atoms with Crippen molar-refractivity contribution in [3.05, 3.63) is 23.5 Å². The van der Waals surface area contributed by atoms with Gasteiger partial charge in [-0.25, -0.2) is 0 Å². The van der Waals surface area contributed by atoms with Gasteiger partial charge in [-0.15, -0.1) is 0 Å². The number of aromatic nitrogens is 1. The number of pyridine rings is 1. The Balaban J connectivity index is 2.71. The molecule has 5 nitrogen and oxygen atoms in total. The van der Waals surface area contributed by atoms with Gasteiger partial charge in [0.2, 0.25) is 0 Å². The number of methoxy groups -OCH3 is 1. The zero-order chi connectivity index (χ0) is 15.0. The van der Waals surface area contributed by atoms with Gasteiger partial charge in [-0.1, -0.05) is 13.8 Å². The molecular weight excluding hydrogens is 254 g/mol. The van der Waals surface area contributed by atoms with E-state index in [4.69, 9.17) is 4.74 Å². The van der Waals surface area contributed by atoms with E-state index in [2.05, 4.69) is 22.5 Å². The van der Waals surface area contributed by atoms with Gasteiger partial charge in [-0.05, 0) is 25.3 Å². The van der Waals surface area contributed by atoms with E-state index in [0.717, 1.165) is 24.3 Å². The van der Waals surface area contributed by atoms with Gasteiger partial charge in [0.05, 0.1) is 17.9 Å². The first-order chi connectivity index (χ1) is 9.58. The van der Waals surface area contributed by atoms with Crippen molar-refractivity contribution >= 4 is 11.6 Å². The molecule has 0 fully saturated rings. The Morgan fingerprint density at radius 3 is 2.90 bits per heavy atom. The van der Waals surface area contributed by atoms with Crippen LogP contribution < -0.4 is 10.6 Å². The summed E-state index contributed by atoms with van der Waals surface area (Å²) in [7, 11) is 1.66. The standard InChI is InChI=1S/C15H25N3O2/c1-5-6-16-14-7-12(3)17-9-13(14)15(19)18-8-11(2)10-20-4/h7,9,11H,5-6,8,10H2,1-4H3,(H,16,17)(H,18,19). The van der Waals surface area contributed by atoms with Gasteiger partial charge in [0.25, 0.3) is 5.91 Å². The lowest BCUT2D eigenvalue weighted by Gasteiger charge is -2.14. The average Bonchev–Trinajstić information content (AvgIpc) is 2.43. The second-order valence-corrected chi connectivity index (χ2v) is 5.07. The molecular formula is C15H25N3O2. The molecule has 2 N–H and O–H groups in total. The fourth-order valence-electron chi connectivity index (χ4n) is 1.85. The number of hydrogen-bond acceptors (Lipinski definition) is 4. The Kier molecular flexibility index (Phi) is 7.01. The predicted molar refractivity (Wildman–Crippen MR) is 81.1 cm³/mol. The van der Waals surface area contributed by atoms with Crippen LogP contribution in [0.25, 0.3) is 0 Å². The number of ether oxygens (including phenoxy) is 1. The van der Waals surface area contributed by atoms with Gasteiger partial charge in [-0.3, -0.25) is 9.78 Å². The predicted octanol–water partition coefficient (Wildman–Crippen LogP) is 2.22. The van der Waals surface area contributed by atoms with Crippen molar-refractivity contribution in [1.82, 2.24) is 10.3 Å². The maximum atomic E-state index is 12.2. The van der Waals surface area contributed by atoms with E-state index in [1.807, 2.05) is 19.9 Å². The molecule has 1 heterocycles. The molecule has 1 aromatic rings. The van der Waals surface area contributed by atoms with Crippen molar-refractivity contribution in [1.29, 1.82) is 0 Å². The molecule has 0 radical (unpaired) electrons. The van der Waals surface area contributed by atoms with Gasteiger partial charge in [-0.2, -0.15) is 0 Å². The van der Waals surface area contributed by atoms with Gasteiger partial charge < -0.3 is 15.4 Å². The van der Waals surface area contributed by atoms with Crippen LogP contribution in [0.3, 0.4) is 0 Å². The third kappa shape index (κ3) is 5.17. The zero-order valence-electron chi connectivity index (χ0n) is 12.8. The highest BCUT2D eigenvalue weighted by Crippen LogP contribution is 2.15. The van der Waals surface area contributed by atoms with E-state index >= 15 is 0 Å². The van der Waals surface area contributed by atoms with Gasteiger partial charge in [0.15, 0.2) is 0 Å². The number of rotatable bonds is 8. The molecule has 112 valence electrons. The van der Waals surface area contributed by atoms with Crippen molar-refractivity contribution in [2.45, 2.75) is 27.2 Å². The molecule has 0 saturated carbocycles. The van der Waals surface area contributed by atoms with Crippen LogP contribution >= 0.6 is 0 Å². The van der Waals surface area contributed by atoms with Gasteiger partial charge in [0, 0.05) is 32.1 Å². The molecule has 1 aromatic heterocycles. The van der Waals surface area contributed by atoms with Crippen molar-refractivity contribution in [2.24, 2.45) is 5.92 Å². The van der Waals surface area contributed by atoms with Crippen LogP contribution in [0.4, 0.5) is 5.69 Å². The molecule has 1 unspecified atom stereocenters. The Bertz CT molecular complexity index is 435. The molecule has 1 rings (SSSR count). The molecule has 1 atom stereocenters. The minimum atomic E-state index is -0.0981. The lowest BCUT2D eigenvalue weighted by atomic mass is 10.1. The molecule has 1 amide bonds. The van der Waals surface area contributed by atoms with Crippen LogP contribution in [0, 0.1) is 12.8 Å². The second-order valence-electron chi connectivity index (χ2n) is 5.07. The maximum Gasteiger partial charge on any atom is 0.254 e. The number of anilines is 1. The van der Waals surface area contributed by atoms with E-state index in [9.17, 15) is 4.79 Å². The van der Waals surface area contributed by atoms with Crippen LogP contribution in [-0.2, 0) is 4.74 Å². The molecule has 0 aliphatic rings. The topological polar surface area (TPSA) is 63.2 Å². The molecule has 0 aliphatic carbocycles. The number of carbonyl (C=O) groups is 1. The maximum absolute atomic E-state index is 12.2. The number of amides is 1. The highest BCUT2D eigenvalue weighted by atomic mass is 16.5. The third-order valence-corrected chi connectivity index (χ3v) is 2.91. The molecule has 20 heavy (non-hydrogen) atoms. The summed E-state index contributed by atoms with van der Waals surface area (Å²) in [6.07, 6.45) is 2.64. The Morgan fingerprint density at radius 2 is 2.25 bits per heavy atom.